The first kappa shape index (κ1) is 13.8. The summed E-state index contributed by atoms with van der Waals surface area (Å²) in [6, 6.07) is 8.38. The van der Waals surface area contributed by atoms with Gasteiger partial charge in [0.2, 0.25) is 0 Å². The lowest BCUT2D eigenvalue weighted by Crippen LogP contribution is -2.43. The molecule has 0 spiro atoms. The third-order valence-electron chi connectivity index (χ3n) is 3.39. The number of benzene rings is 1. The average Bonchev–Trinajstić information content (AvgIpc) is 2.13. The van der Waals surface area contributed by atoms with E-state index >= 15 is 0 Å². The van der Waals surface area contributed by atoms with Crippen molar-refractivity contribution in [1.29, 1.82) is 0 Å². The number of likely N-dealkylation sites (N-methyl/N-ethyl adjacent to an activating group) is 1. The van der Waals surface area contributed by atoms with Crippen molar-refractivity contribution in [2.24, 2.45) is 0 Å². The first-order valence-corrected chi connectivity index (χ1v) is 5.91. The summed E-state index contributed by atoms with van der Waals surface area (Å²) in [4.78, 5) is 2.29. The average molecular weight is 260 g/mol. The van der Waals surface area contributed by atoms with E-state index in [4.69, 9.17) is 11.6 Å². The Morgan fingerprint density at radius 1 is 1.19 bits per heavy atom. The molecule has 1 saturated carbocycles. The summed E-state index contributed by atoms with van der Waals surface area (Å²) in [6.45, 7) is 1.15. The summed E-state index contributed by atoms with van der Waals surface area (Å²) < 4.78 is 0. The SMILES string of the molecule is CN(C)CC1(c2ccc(Cl)cc2)CCC1.Cl. The zero-order valence-electron chi connectivity index (χ0n) is 9.87. The van der Waals surface area contributed by atoms with E-state index in [-0.39, 0.29) is 12.4 Å². The summed E-state index contributed by atoms with van der Waals surface area (Å²) in [5, 5.41) is 0.832. The van der Waals surface area contributed by atoms with E-state index in [1.165, 1.54) is 24.8 Å². The highest BCUT2D eigenvalue weighted by atomic mass is 35.5. The van der Waals surface area contributed by atoms with Gasteiger partial charge in [0.25, 0.3) is 0 Å². The molecule has 1 aromatic rings. The molecule has 0 amide bonds. The molecule has 3 heteroatoms. The monoisotopic (exact) mass is 259 g/mol. The van der Waals surface area contributed by atoms with Gasteiger partial charge in [-0.1, -0.05) is 30.2 Å². The second kappa shape index (κ2) is 5.39. The van der Waals surface area contributed by atoms with Crippen LogP contribution in [0.4, 0.5) is 0 Å². The van der Waals surface area contributed by atoms with Crippen molar-refractivity contribution in [2.75, 3.05) is 20.6 Å². The maximum Gasteiger partial charge on any atom is 0.0406 e. The molecule has 1 fully saturated rings. The Labute approximate surface area is 109 Å². The quantitative estimate of drug-likeness (QED) is 0.800. The summed E-state index contributed by atoms with van der Waals surface area (Å²) in [5.74, 6) is 0. The van der Waals surface area contributed by atoms with Crippen LogP contribution in [0.25, 0.3) is 0 Å². The van der Waals surface area contributed by atoms with Gasteiger partial charge in [0.1, 0.15) is 0 Å². The first-order valence-electron chi connectivity index (χ1n) is 5.53. The molecule has 0 N–H and O–H groups in total. The topological polar surface area (TPSA) is 3.24 Å². The van der Waals surface area contributed by atoms with E-state index in [1.807, 2.05) is 12.1 Å². The van der Waals surface area contributed by atoms with E-state index in [0.717, 1.165) is 11.6 Å². The zero-order valence-corrected chi connectivity index (χ0v) is 11.4. The van der Waals surface area contributed by atoms with Crippen molar-refractivity contribution in [3.8, 4) is 0 Å². The lowest BCUT2D eigenvalue weighted by molar-refractivity contribution is 0.177. The molecule has 0 bridgehead atoms. The Balaban J connectivity index is 0.00000128. The van der Waals surface area contributed by atoms with Crippen molar-refractivity contribution in [1.82, 2.24) is 4.90 Å². The highest BCUT2D eigenvalue weighted by molar-refractivity contribution is 6.30. The van der Waals surface area contributed by atoms with Crippen LogP contribution in [0.1, 0.15) is 24.8 Å². The van der Waals surface area contributed by atoms with Gasteiger partial charge in [0.05, 0.1) is 0 Å². The molecule has 0 unspecified atom stereocenters. The van der Waals surface area contributed by atoms with Gasteiger partial charge in [-0.25, -0.2) is 0 Å². The van der Waals surface area contributed by atoms with Gasteiger partial charge in [-0.3, -0.25) is 0 Å². The van der Waals surface area contributed by atoms with Crippen molar-refractivity contribution in [3.63, 3.8) is 0 Å². The first-order chi connectivity index (χ1) is 7.12. The van der Waals surface area contributed by atoms with Crippen molar-refractivity contribution in [2.45, 2.75) is 24.7 Å². The summed E-state index contributed by atoms with van der Waals surface area (Å²) in [7, 11) is 4.30. The van der Waals surface area contributed by atoms with Crippen LogP contribution < -0.4 is 0 Å². The fourth-order valence-electron chi connectivity index (χ4n) is 2.55. The van der Waals surface area contributed by atoms with E-state index < -0.39 is 0 Å². The predicted octanol–water partition coefficient (Wildman–Crippen LogP) is 3.75. The number of halogens is 2. The maximum absolute atomic E-state index is 5.92. The minimum absolute atomic E-state index is 0. The van der Waals surface area contributed by atoms with Crippen LogP contribution in [0.2, 0.25) is 5.02 Å². The number of rotatable bonds is 3. The van der Waals surface area contributed by atoms with Gasteiger partial charge < -0.3 is 4.90 Å². The van der Waals surface area contributed by atoms with Crippen LogP contribution >= 0.6 is 24.0 Å². The summed E-state index contributed by atoms with van der Waals surface area (Å²) in [6.07, 6.45) is 3.98. The van der Waals surface area contributed by atoms with E-state index in [1.54, 1.807) is 0 Å². The van der Waals surface area contributed by atoms with Crippen LogP contribution in [0.5, 0.6) is 0 Å². The lowest BCUT2D eigenvalue weighted by atomic mass is 9.64. The van der Waals surface area contributed by atoms with Gasteiger partial charge in [-0.2, -0.15) is 0 Å². The smallest absolute Gasteiger partial charge is 0.0406 e. The minimum Gasteiger partial charge on any atom is -0.309 e. The molecule has 0 heterocycles. The molecule has 1 nitrogen and oxygen atoms in total. The largest absolute Gasteiger partial charge is 0.309 e. The Bertz CT molecular complexity index is 328. The van der Waals surface area contributed by atoms with Crippen molar-refractivity contribution < 1.29 is 0 Å². The second-order valence-corrected chi connectivity index (χ2v) is 5.31. The second-order valence-electron chi connectivity index (χ2n) is 4.88. The van der Waals surface area contributed by atoms with Crippen LogP contribution in [0.15, 0.2) is 24.3 Å². The predicted molar refractivity (Wildman–Crippen MR) is 72.8 cm³/mol. The summed E-state index contributed by atoms with van der Waals surface area (Å²) >= 11 is 5.92. The molecule has 0 aromatic heterocycles. The third-order valence-corrected chi connectivity index (χ3v) is 3.64. The molecule has 90 valence electrons. The third kappa shape index (κ3) is 2.71. The number of hydrogen-bond acceptors (Lipinski definition) is 1. The Morgan fingerprint density at radius 2 is 1.75 bits per heavy atom. The number of hydrogen-bond donors (Lipinski definition) is 0. The van der Waals surface area contributed by atoms with Crippen LogP contribution in [0.3, 0.4) is 0 Å². The molecule has 0 saturated heterocycles. The zero-order chi connectivity index (χ0) is 10.9. The fourth-order valence-corrected chi connectivity index (χ4v) is 2.68. The summed E-state index contributed by atoms with van der Waals surface area (Å²) in [5.41, 5.74) is 1.85. The lowest BCUT2D eigenvalue weighted by Gasteiger charge is -2.44. The molecular formula is C13H19Cl2N. The molecule has 0 atom stereocenters. The molecule has 1 aromatic carbocycles. The van der Waals surface area contributed by atoms with Gasteiger partial charge in [-0.05, 0) is 44.6 Å². The highest BCUT2D eigenvalue weighted by Crippen LogP contribution is 2.44. The van der Waals surface area contributed by atoms with E-state index in [9.17, 15) is 0 Å². The fraction of sp³-hybridized carbons (Fsp3) is 0.538. The molecule has 0 radical (unpaired) electrons. The van der Waals surface area contributed by atoms with Crippen molar-refractivity contribution >= 4 is 24.0 Å². The van der Waals surface area contributed by atoms with Gasteiger partial charge in [0, 0.05) is 17.0 Å². The molecule has 16 heavy (non-hydrogen) atoms. The molecule has 1 aliphatic rings. The molecule has 0 aliphatic heterocycles. The molecule has 2 rings (SSSR count). The normalized spacial score (nSPS) is 17.8. The van der Waals surface area contributed by atoms with Gasteiger partial charge >= 0.3 is 0 Å². The minimum atomic E-state index is 0. The van der Waals surface area contributed by atoms with E-state index in [0.29, 0.717) is 5.41 Å². The standard InChI is InChI=1S/C13H18ClN.ClH/c1-15(2)10-13(8-3-9-13)11-4-6-12(14)7-5-11;/h4-7H,3,8-10H2,1-2H3;1H. The van der Waals surface area contributed by atoms with Crippen LogP contribution in [0, 0.1) is 0 Å². The maximum atomic E-state index is 5.92. The van der Waals surface area contributed by atoms with Gasteiger partial charge in [0.15, 0.2) is 0 Å². The Kier molecular flexibility index (Phi) is 4.66. The highest BCUT2D eigenvalue weighted by Gasteiger charge is 2.38. The van der Waals surface area contributed by atoms with Gasteiger partial charge in [-0.15, -0.1) is 12.4 Å². The van der Waals surface area contributed by atoms with Crippen LogP contribution in [-0.2, 0) is 5.41 Å². The van der Waals surface area contributed by atoms with E-state index in [2.05, 4.69) is 31.1 Å². The number of nitrogens with zero attached hydrogens (tertiary/aromatic N) is 1. The Hall–Kier alpha value is -0.240. The molecule has 1 aliphatic carbocycles. The molecular weight excluding hydrogens is 241 g/mol. The Morgan fingerprint density at radius 3 is 2.12 bits per heavy atom. The van der Waals surface area contributed by atoms with Crippen LogP contribution in [-0.4, -0.2) is 25.5 Å². The van der Waals surface area contributed by atoms with Crippen molar-refractivity contribution in [3.05, 3.63) is 34.9 Å².